The molecule has 0 radical (unpaired) electrons. The lowest BCUT2D eigenvalue weighted by Gasteiger charge is -2.36. The molecule has 1 atom stereocenters. The molecule has 1 rings (SSSR count). The Hall–Kier alpha value is -0.610. The molecule has 0 aromatic heterocycles. The fourth-order valence-electron chi connectivity index (χ4n) is 1.73. The summed E-state index contributed by atoms with van der Waals surface area (Å²) < 4.78 is 5.58. The lowest BCUT2D eigenvalue weighted by molar-refractivity contribution is -0.128. The summed E-state index contributed by atoms with van der Waals surface area (Å²) in [6.07, 6.45) is 1.71. The Labute approximate surface area is 91.5 Å². The highest BCUT2D eigenvalue weighted by Gasteiger charge is 2.32. The quantitative estimate of drug-likeness (QED) is 0.714. The standard InChI is InChI=1S/C11H22N2O2/c1-10(2)7-8(5-6-15-10)13-9(14)11(3,4)12/h8H,5-7,12H2,1-4H3,(H,13,14). The second-order valence-corrected chi connectivity index (χ2v) is 5.49. The van der Waals surface area contributed by atoms with E-state index in [1.165, 1.54) is 0 Å². The van der Waals surface area contributed by atoms with Crippen LogP contribution in [-0.2, 0) is 9.53 Å². The van der Waals surface area contributed by atoms with Crippen molar-refractivity contribution in [1.82, 2.24) is 5.32 Å². The zero-order chi connectivity index (χ0) is 11.7. The molecule has 0 aromatic rings. The predicted octanol–water partition coefficient (Wildman–Crippen LogP) is 0.797. The largest absolute Gasteiger partial charge is 0.375 e. The first-order chi connectivity index (χ1) is 6.71. The Kier molecular flexibility index (Phi) is 3.41. The number of nitrogens with two attached hydrogens (primary N) is 1. The van der Waals surface area contributed by atoms with E-state index in [0.717, 1.165) is 12.8 Å². The lowest BCUT2D eigenvalue weighted by atomic mass is 9.93. The van der Waals surface area contributed by atoms with Crippen LogP contribution in [0.3, 0.4) is 0 Å². The molecule has 1 saturated heterocycles. The summed E-state index contributed by atoms with van der Waals surface area (Å²) in [5.74, 6) is -0.0924. The van der Waals surface area contributed by atoms with Gasteiger partial charge < -0.3 is 15.8 Å². The number of ether oxygens (including phenoxy) is 1. The molecule has 1 fully saturated rings. The zero-order valence-corrected chi connectivity index (χ0v) is 10.1. The van der Waals surface area contributed by atoms with Gasteiger partial charge in [0.05, 0.1) is 11.1 Å². The molecule has 0 aliphatic carbocycles. The number of amides is 1. The van der Waals surface area contributed by atoms with Crippen LogP contribution >= 0.6 is 0 Å². The number of carbonyl (C=O) groups is 1. The fraction of sp³-hybridized carbons (Fsp3) is 0.909. The third kappa shape index (κ3) is 3.80. The van der Waals surface area contributed by atoms with Crippen LogP contribution < -0.4 is 11.1 Å². The van der Waals surface area contributed by atoms with Gasteiger partial charge in [-0.25, -0.2) is 0 Å². The van der Waals surface area contributed by atoms with Crippen molar-refractivity contribution in [2.45, 2.75) is 57.7 Å². The van der Waals surface area contributed by atoms with Crippen LogP contribution in [0.15, 0.2) is 0 Å². The molecule has 1 heterocycles. The number of hydrogen-bond donors (Lipinski definition) is 2. The van der Waals surface area contributed by atoms with Crippen molar-refractivity contribution in [1.29, 1.82) is 0 Å². The number of hydrogen-bond acceptors (Lipinski definition) is 3. The number of nitrogens with one attached hydrogen (secondary N) is 1. The summed E-state index contributed by atoms with van der Waals surface area (Å²) in [5.41, 5.74) is 4.77. The van der Waals surface area contributed by atoms with Crippen LogP contribution in [0, 0.1) is 0 Å². The van der Waals surface area contributed by atoms with Gasteiger partial charge in [0.15, 0.2) is 0 Å². The number of rotatable bonds is 2. The van der Waals surface area contributed by atoms with E-state index in [-0.39, 0.29) is 17.6 Å². The van der Waals surface area contributed by atoms with Gasteiger partial charge in [0.2, 0.25) is 5.91 Å². The molecule has 0 bridgehead atoms. The minimum atomic E-state index is -0.803. The Morgan fingerprint density at radius 2 is 2.13 bits per heavy atom. The molecule has 1 unspecified atom stereocenters. The Balaban J connectivity index is 2.49. The van der Waals surface area contributed by atoms with Crippen molar-refractivity contribution in [3.63, 3.8) is 0 Å². The molecule has 0 spiro atoms. The van der Waals surface area contributed by atoms with Gasteiger partial charge >= 0.3 is 0 Å². The average Bonchev–Trinajstić information content (AvgIpc) is 2.00. The third-order valence-corrected chi connectivity index (χ3v) is 2.62. The zero-order valence-electron chi connectivity index (χ0n) is 10.1. The highest BCUT2D eigenvalue weighted by molar-refractivity contribution is 5.85. The Morgan fingerprint density at radius 1 is 1.53 bits per heavy atom. The first-order valence-corrected chi connectivity index (χ1v) is 5.44. The van der Waals surface area contributed by atoms with E-state index >= 15 is 0 Å². The summed E-state index contributed by atoms with van der Waals surface area (Å²) in [6, 6.07) is 0.184. The van der Waals surface area contributed by atoms with Gasteiger partial charge in [0.1, 0.15) is 0 Å². The van der Waals surface area contributed by atoms with E-state index in [0.29, 0.717) is 6.61 Å². The first-order valence-electron chi connectivity index (χ1n) is 5.44. The van der Waals surface area contributed by atoms with Gasteiger partial charge in [-0.05, 0) is 40.5 Å². The highest BCUT2D eigenvalue weighted by Crippen LogP contribution is 2.24. The minimum Gasteiger partial charge on any atom is -0.375 e. The smallest absolute Gasteiger partial charge is 0.239 e. The molecule has 3 N–H and O–H groups in total. The van der Waals surface area contributed by atoms with Gasteiger partial charge in [-0.15, -0.1) is 0 Å². The van der Waals surface area contributed by atoms with Gasteiger partial charge in [-0.3, -0.25) is 4.79 Å². The van der Waals surface area contributed by atoms with E-state index in [9.17, 15) is 4.79 Å². The molecular weight excluding hydrogens is 192 g/mol. The fourth-order valence-corrected chi connectivity index (χ4v) is 1.73. The van der Waals surface area contributed by atoms with Gasteiger partial charge in [-0.2, -0.15) is 0 Å². The summed E-state index contributed by atoms with van der Waals surface area (Å²) >= 11 is 0. The molecule has 1 aliphatic rings. The van der Waals surface area contributed by atoms with Crippen LogP contribution in [0.1, 0.15) is 40.5 Å². The van der Waals surface area contributed by atoms with Crippen molar-refractivity contribution in [3.8, 4) is 0 Å². The van der Waals surface area contributed by atoms with E-state index in [2.05, 4.69) is 5.32 Å². The monoisotopic (exact) mass is 214 g/mol. The molecule has 4 heteroatoms. The highest BCUT2D eigenvalue weighted by atomic mass is 16.5. The summed E-state index contributed by atoms with van der Waals surface area (Å²) in [7, 11) is 0. The van der Waals surface area contributed by atoms with E-state index < -0.39 is 5.54 Å². The third-order valence-electron chi connectivity index (χ3n) is 2.62. The van der Waals surface area contributed by atoms with Gasteiger partial charge in [0, 0.05) is 12.6 Å². The predicted molar refractivity (Wildman–Crippen MR) is 59.5 cm³/mol. The second kappa shape index (κ2) is 4.10. The summed E-state index contributed by atoms with van der Waals surface area (Å²) in [5, 5.41) is 2.97. The van der Waals surface area contributed by atoms with Crippen LogP contribution in [0.2, 0.25) is 0 Å². The minimum absolute atomic E-state index is 0.0924. The van der Waals surface area contributed by atoms with Gasteiger partial charge in [0.25, 0.3) is 0 Å². The maximum atomic E-state index is 11.7. The van der Waals surface area contributed by atoms with Crippen molar-refractivity contribution in [2.75, 3.05) is 6.61 Å². The Bertz CT molecular complexity index is 243. The van der Waals surface area contributed by atoms with Crippen molar-refractivity contribution < 1.29 is 9.53 Å². The maximum absolute atomic E-state index is 11.7. The maximum Gasteiger partial charge on any atom is 0.239 e. The molecule has 1 aliphatic heterocycles. The average molecular weight is 214 g/mol. The SMILES string of the molecule is CC1(C)CC(NC(=O)C(C)(C)N)CCO1. The van der Waals surface area contributed by atoms with E-state index in [1.54, 1.807) is 13.8 Å². The van der Waals surface area contributed by atoms with Crippen LogP contribution in [0.4, 0.5) is 0 Å². The van der Waals surface area contributed by atoms with Crippen molar-refractivity contribution >= 4 is 5.91 Å². The van der Waals surface area contributed by atoms with Crippen LogP contribution in [-0.4, -0.2) is 29.7 Å². The van der Waals surface area contributed by atoms with Crippen LogP contribution in [0.5, 0.6) is 0 Å². The molecule has 4 nitrogen and oxygen atoms in total. The molecule has 0 saturated carbocycles. The van der Waals surface area contributed by atoms with Crippen molar-refractivity contribution in [3.05, 3.63) is 0 Å². The molecule has 0 aromatic carbocycles. The van der Waals surface area contributed by atoms with E-state index in [1.807, 2.05) is 13.8 Å². The lowest BCUT2D eigenvalue weighted by Crippen LogP contribution is -2.54. The van der Waals surface area contributed by atoms with Gasteiger partial charge in [-0.1, -0.05) is 0 Å². The normalized spacial score (nSPS) is 26.1. The van der Waals surface area contributed by atoms with Crippen LogP contribution in [0.25, 0.3) is 0 Å². The Morgan fingerprint density at radius 3 is 2.60 bits per heavy atom. The first kappa shape index (κ1) is 12.5. The van der Waals surface area contributed by atoms with Crippen molar-refractivity contribution in [2.24, 2.45) is 5.73 Å². The molecule has 88 valence electrons. The topological polar surface area (TPSA) is 64.4 Å². The summed E-state index contributed by atoms with van der Waals surface area (Å²) in [6.45, 7) is 8.21. The molecule has 1 amide bonds. The second-order valence-electron chi connectivity index (χ2n) is 5.49. The molecule has 15 heavy (non-hydrogen) atoms. The van der Waals surface area contributed by atoms with E-state index in [4.69, 9.17) is 10.5 Å². The summed E-state index contributed by atoms with van der Waals surface area (Å²) in [4.78, 5) is 11.7. The molecular formula is C11H22N2O2. The number of carbonyl (C=O) groups excluding carboxylic acids is 1.